The summed E-state index contributed by atoms with van der Waals surface area (Å²) in [7, 11) is 3.89. The number of carbonyl (C=O) groups is 2. The Balaban J connectivity index is 1.62. The van der Waals surface area contributed by atoms with E-state index in [2.05, 4.69) is 4.98 Å². The van der Waals surface area contributed by atoms with Gasteiger partial charge in [-0.15, -0.1) is 0 Å². The summed E-state index contributed by atoms with van der Waals surface area (Å²) in [5, 5.41) is 11.4. The molecule has 0 unspecified atom stereocenters. The largest absolute Gasteiger partial charge is 0.507 e. The summed E-state index contributed by atoms with van der Waals surface area (Å²) in [5.41, 5.74) is 4.09. The van der Waals surface area contributed by atoms with Crippen molar-refractivity contribution in [3.63, 3.8) is 0 Å². The number of aliphatic hydroxyl groups excluding tert-OH is 1. The summed E-state index contributed by atoms with van der Waals surface area (Å²) in [6, 6.07) is 16.0. The van der Waals surface area contributed by atoms with E-state index >= 15 is 0 Å². The molecule has 0 saturated carbocycles. The van der Waals surface area contributed by atoms with Gasteiger partial charge in [0.2, 0.25) is 0 Å². The minimum atomic E-state index is -0.727. The first kappa shape index (κ1) is 22.7. The van der Waals surface area contributed by atoms with Gasteiger partial charge in [0.15, 0.2) is 0 Å². The Morgan fingerprint density at radius 3 is 2.60 bits per heavy atom. The zero-order chi connectivity index (χ0) is 24.7. The molecule has 0 spiro atoms. The van der Waals surface area contributed by atoms with Crippen LogP contribution in [0.4, 0.5) is 5.69 Å². The molecule has 1 N–H and O–H groups in total. The lowest BCUT2D eigenvalue weighted by molar-refractivity contribution is -0.140. The number of fused-ring (bicyclic) bond motifs is 1. The molecule has 1 fully saturated rings. The lowest BCUT2D eigenvalue weighted by Crippen LogP contribution is -2.29. The van der Waals surface area contributed by atoms with Crippen LogP contribution in [0.25, 0.3) is 5.76 Å². The minimum absolute atomic E-state index is 0.0580. The van der Waals surface area contributed by atoms with Crippen LogP contribution in [0.2, 0.25) is 0 Å². The third kappa shape index (κ3) is 4.14. The number of rotatable bonds is 5. The molecule has 7 heteroatoms. The standard InChI is InChI=1S/C28H27N3O4/c1-17-13-21-14-20(8-11-23(21)35-17)26(32)24-25(19-6-9-22(10-7-19)30(2)3)31(28(34)27(24)33)16-18-5-4-12-29-15-18/h4-12,14-15,17,25,32H,13,16H2,1-3H3/t17-,25-/m1/s1. The van der Waals surface area contributed by atoms with Crippen molar-refractivity contribution < 1.29 is 19.4 Å². The van der Waals surface area contributed by atoms with Gasteiger partial charge in [0, 0.05) is 50.7 Å². The van der Waals surface area contributed by atoms with E-state index in [9.17, 15) is 14.7 Å². The number of carbonyl (C=O) groups excluding carboxylic acids is 2. The quantitative estimate of drug-likeness (QED) is 0.344. The first-order valence-corrected chi connectivity index (χ1v) is 11.6. The number of amides is 1. The predicted octanol–water partition coefficient (Wildman–Crippen LogP) is 4.09. The Kier molecular flexibility index (Phi) is 5.76. The Labute approximate surface area is 204 Å². The minimum Gasteiger partial charge on any atom is -0.507 e. The molecular formula is C28H27N3O4. The highest BCUT2D eigenvalue weighted by atomic mass is 16.5. The molecule has 2 aliphatic heterocycles. The number of hydrogen-bond acceptors (Lipinski definition) is 6. The van der Waals surface area contributed by atoms with Gasteiger partial charge in [-0.05, 0) is 60.0 Å². The molecule has 35 heavy (non-hydrogen) atoms. The predicted molar refractivity (Wildman–Crippen MR) is 133 cm³/mol. The van der Waals surface area contributed by atoms with Gasteiger partial charge in [0.1, 0.15) is 17.6 Å². The van der Waals surface area contributed by atoms with E-state index in [-0.39, 0.29) is 24.0 Å². The van der Waals surface area contributed by atoms with Crippen LogP contribution < -0.4 is 9.64 Å². The van der Waals surface area contributed by atoms with E-state index in [0.29, 0.717) is 5.56 Å². The maximum Gasteiger partial charge on any atom is 0.295 e. The second-order valence-corrected chi connectivity index (χ2v) is 9.23. The van der Waals surface area contributed by atoms with Crippen molar-refractivity contribution in [2.75, 3.05) is 19.0 Å². The van der Waals surface area contributed by atoms with Gasteiger partial charge in [0.25, 0.3) is 11.7 Å². The van der Waals surface area contributed by atoms with Crippen LogP contribution in [-0.4, -0.2) is 46.9 Å². The summed E-state index contributed by atoms with van der Waals surface area (Å²) in [6.07, 6.45) is 4.12. The van der Waals surface area contributed by atoms with Crippen LogP contribution in [0.5, 0.6) is 5.75 Å². The number of aliphatic hydroxyl groups is 1. The number of ketones is 1. The summed E-state index contributed by atoms with van der Waals surface area (Å²) in [5.74, 6) is -0.739. The van der Waals surface area contributed by atoms with Crippen molar-refractivity contribution >= 4 is 23.1 Å². The second-order valence-electron chi connectivity index (χ2n) is 9.23. The van der Waals surface area contributed by atoms with Gasteiger partial charge >= 0.3 is 0 Å². The summed E-state index contributed by atoms with van der Waals surface area (Å²) in [4.78, 5) is 34.2. The highest BCUT2D eigenvalue weighted by molar-refractivity contribution is 6.46. The monoisotopic (exact) mass is 469 g/mol. The molecule has 2 atom stereocenters. The fraction of sp³-hybridized carbons (Fsp3) is 0.250. The van der Waals surface area contributed by atoms with Gasteiger partial charge in [-0.2, -0.15) is 0 Å². The van der Waals surface area contributed by atoms with Crippen LogP contribution in [-0.2, 0) is 22.6 Å². The van der Waals surface area contributed by atoms with Crippen LogP contribution in [0.3, 0.4) is 0 Å². The zero-order valence-corrected chi connectivity index (χ0v) is 19.9. The number of ether oxygens (including phenoxy) is 1. The number of pyridine rings is 1. The maximum atomic E-state index is 13.3. The van der Waals surface area contributed by atoms with Gasteiger partial charge in [0.05, 0.1) is 11.6 Å². The molecular weight excluding hydrogens is 442 g/mol. The molecule has 2 aliphatic rings. The Hall–Kier alpha value is -4.13. The maximum absolute atomic E-state index is 13.3. The van der Waals surface area contributed by atoms with Crippen molar-refractivity contribution in [3.05, 3.63) is 94.8 Å². The van der Waals surface area contributed by atoms with Crippen molar-refractivity contribution in [3.8, 4) is 5.75 Å². The van der Waals surface area contributed by atoms with Crippen LogP contribution in [0.15, 0.2) is 72.6 Å². The van der Waals surface area contributed by atoms with Crippen LogP contribution >= 0.6 is 0 Å². The fourth-order valence-corrected chi connectivity index (χ4v) is 4.76. The average molecular weight is 470 g/mol. The fourth-order valence-electron chi connectivity index (χ4n) is 4.76. The molecule has 178 valence electrons. The van der Waals surface area contributed by atoms with Crippen LogP contribution in [0, 0.1) is 0 Å². The molecule has 3 aromatic rings. The number of likely N-dealkylation sites (tertiary alicyclic amines) is 1. The van der Waals surface area contributed by atoms with Crippen LogP contribution in [0.1, 0.15) is 35.2 Å². The smallest absolute Gasteiger partial charge is 0.295 e. The molecule has 1 amide bonds. The highest BCUT2D eigenvalue weighted by Gasteiger charge is 2.46. The summed E-state index contributed by atoms with van der Waals surface area (Å²) >= 11 is 0. The number of benzene rings is 2. The topological polar surface area (TPSA) is 83.0 Å². The van der Waals surface area contributed by atoms with Crippen molar-refractivity contribution in [2.24, 2.45) is 0 Å². The number of hydrogen-bond donors (Lipinski definition) is 1. The van der Waals surface area contributed by atoms with Gasteiger partial charge < -0.3 is 19.6 Å². The number of anilines is 1. The van der Waals surface area contributed by atoms with Crippen molar-refractivity contribution in [1.82, 2.24) is 9.88 Å². The molecule has 0 bridgehead atoms. The molecule has 5 rings (SSSR count). The number of aromatic nitrogens is 1. The van der Waals surface area contributed by atoms with Crippen molar-refractivity contribution in [1.29, 1.82) is 0 Å². The van der Waals surface area contributed by atoms with E-state index in [1.165, 1.54) is 4.90 Å². The first-order chi connectivity index (χ1) is 16.8. The third-order valence-corrected chi connectivity index (χ3v) is 6.51. The van der Waals surface area contributed by atoms with E-state index in [1.807, 2.05) is 62.3 Å². The zero-order valence-electron chi connectivity index (χ0n) is 19.9. The van der Waals surface area contributed by atoms with Gasteiger partial charge in [-0.1, -0.05) is 18.2 Å². The highest BCUT2D eigenvalue weighted by Crippen LogP contribution is 2.41. The Morgan fingerprint density at radius 1 is 1.14 bits per heavy atom. The molecule has 1 aromatic heterocycles. The second kappa shape index (κ2) is 8.91. The molecule has 7 nitrogen and oxygen atoms in total. The van der Waals surface area contributed by atoms with E-state index in [1.54, 1.807) is 30.6 Å². The molecule has 0 radical (unpaired) electrons. The number of Topliss-reactive ketones (excluding diaryl/α,β-unsaturated/α-hetero) is 1. The molecule has 1 saturated heterocycles. The molecule has 3 heterocycles. The van der Waals surface area contributed by atoms with Gasteiger partial charge in [-0.25, -0.2) is 0 Å². The average Bonchev–Trinajstić information content (AvgIpc) is 3.35. The summed E-state index contributed by atoms with van der Waals surface area (Å²) in [6.45, 7) is 2.19. The Bertz CT molecular complexity index is 1320. The van der Waals surface area contributed by atoms with E-state index in [0.717, 1.165) is 34.5 Å². The number of nitrogens with zero attached hydrogens (tertiary/aromatic N) is 3. The third-order valence-electron chi connectivity index (χ3n) is 6.51. The lowest BCUT2D eigenvalue weighted by Gasteiger charge is -2.26. The van der Waals surface area contributed by atoms with E-state index < -0.39 is 17.7 Å². The lowest BCUT2D eigenvalue weighted by atomic mass is 9.94. The summed E-state index contributed by atoms with van der Waals surface area (Å²) < 4.78 is 5.77. The molecule has 2 aromatic carbocycles. The van der Waals surface area contributed by atoms with Crippen molar-refractivity contribution in [2.45, 2.75) is 32.0 Å². The van der Waals surface area contributed by atoms with Gasteiger partial charge in [-0.3, -0.25) is 14.6 Å². The first-order valence-electron chi connectivity index (χ1n) is 11.6. The Morgan fingerprint density at radius 2 is 1.91 bits per heavy atom. The normalized spacial score (nSPS) is 20.6. The van der Waals surface area contributed by atoms with E-state index in [4.69, 9.17) is 4.74 Å². The molecule has 0 aliphatic carbocycles. The SMILES string of the molecule is C[C@@H]1Cc2cc(C(O)=C3C(=O)C(=O)N(Cc4cccnc4)[C@@H]3c3ccc(N(C)C)cc3)ccc2O1.